The second-order valence-electron chi connectivity index (χ2n) is 7.76. The van der Waals surface area contributed by atoms with Crippen LogP contribution in [-0.4, -0.2) is 30.8 Å². The molecule has 1 aromatic carbocycles. The van der Waals surface area contributed by atoms with Crippen molar-refractivity contribution >= 4 is 21.6 Å². The van der Waals surface area contributed by atoms with Crippen molar-refractivity contribution in [2.75, 3.05) is 0 Å². The van der Waals surface area contributed by atoms with E-state index < -0.39 is 26.7 Å². The van der Waals surface area contributed by atoms with Gasteiger partial charge in [-0.2, -0.15) is 0 Å². The van der Waals surface area contributed by atoms with Crippen LogP contribution < -0.4 is 4.72 Å². The average molecular weight is 390 g/mol. The van der Waals surface area contributed by atoms with Crippen LogP contribution in [0.4, 0.5) is 0 Å². The standard InChI is InChI=1S/C21H27NO4S/c1-15(2)27(25,26)22-19-10-6-9-18(19)21(20(23)24)13-11-17(12-14-21)16-7-4-3-5-8-16/h3-5,7-8,11-13,15,18-19,22H,6,9-10,14H2,1-2H3,(H,23,24). The fourth-order valence-corrected chi connectivity index (χ4v) is 5.13. The lowest BCUT2D eigenvalue weighted by molar-refractivity contribution is -0.149. The van der Waals surface area contributed by atoms with Gasteiger partial charge in [-0.15, -0.1) is 0 Å². The normalized spacial score (nSPS) is 28.3. The molecule has 3 unspecified atom stereocenters. The second-order valence-corrected chi connectivity index (χ2v) is 10.0. The van der Waals surface area contributed by atoms with E-state index in [0.717, 1.165) is 17.6 Å². The maximum Gasteiger partial charge on any atom is 0.314 e. The third kappa shape index (κ3) is 3.87. The first kappa shape index (κ1) is 19.8. The Balaban J connectivity index is 1.87. The van der Waals surface area contributed by atoms with Crippen molar-refractivity contribution in [3.8, 4) is 0 Å². The van der Waals surface area contributed by atoms with Gasteiger partial charge in [0.25, 0.3) is 0 Å². The number of hydrogen-bond acceptors (Lipinski definition) is 3. The van der Waals surface area contributed by atoms with Gasteiger partial charge in [0.15, 0.2) is 0 Å². The summed E-state index contributed by atoms with van der Waals surface area (Å²) in [4.78, 5) is 12.3. The number of sulfonamides is 1. The van der Waals surface area contributed by atoms with Crippen molar-refractivity contribution in [1.29, 1.82) is 0 Å². The lowest BCUT2D eigenvalue weighted by atomic mass is 9.68. The van der Waals surface area contributed by atoms with Gasteiger partial charge in [0.1, 0.15) is 0 Å². The summed E-state index contributed by atoms with van der Waals surface area (Å²) in [6, 6.07) is 9.51. The molecular weight excluding hydrogens is 362 g/mol. The van der Waals surface area contributed by atoms with Crippen molar-refractivity contribution < 1.29 is 18.3 Å². The topological polar surface area (TPSA) is 83.5 Å². The molecule has 6 heteroatoms. The van der Waals surface area contributed by atoms with E-state index in [1.54, 1.807) is 19.9 Å². The molecule has 0 spiro atoms. The molecule has 3 rings (SSSR count). The predicted molar refractivity (Wildman–Crippen MR) is 107 cm³/mol. The van der Waals surface area contributed by atoms with Crippen molar-refractivity contribution in [2.24, 2.45) is 11.3 Å². The molecule has 0 amide bonds. The molecule has 0 aromatic heterocycles. The van der Waals surface area contributed by atoms with Crippen LogP contribution in [0.5, 0.6) is 0 Å². The zero-order valence-electron chi connectivity index (χ0n) is 15.8. The fraction of sp³-hybridized carbons (Fsp3) is 0.476. The van der Waals surface area contributed by atoms with Gasteiger partial charge >= 0.3 is 5.97 Å². The second kappa shape index (κ2) is 7.60. The number of allylic oxidation sites excluding steroid dienone is 3. The molecule has 0 radical (unpaired) electrons. The zero-order chi connectivity index (χ0) is 19.7. The van der Waals surface area contributed by atoms with Crippen LogP contribution in [0.3, 0.4) is 0 Å². The molecule has 2 aliphatic carbocycles. The number of nitrogens with one attached hydrogen (secondary N) is 1. The van der Waals surface area contributed by atoms with E-state index in [2.05, 4.69) is 4.72 Å². The monoisotopic (exact) mass is 389 g/mol. The SMILES string of the molecule is CC(C)S(=O)(=O)NC1CCCC1C1(C(=O)O)C=CC(c2ccccc2)=CC1. The smallest absolute Gasteiger partial charge is 0.314 e. The Morgan fingerprint density at radius 3 is 2.48 bits per heavy atom. The van der Waals surface area contributed by atoms with Crippen molar-refractivity contribution in [1.82, 2.24) is 4.72 Å². The van der Waals surface area contributed by atoms with E-state index in [1.165, 1.54) is 0 Å². The van der Waals surface area contributed by atoms with Gasteiger partial charge in [0.2, 0.25) is 10.0 Å². The Morgan fingerprint density at radius 1 is 1.22 bits per heavy atom. The average Bonchev–Trinajstić information content (AvgIpc) is 3.10. The number of aliphatic carboxylic acids is 1. The summed E-state index contributed by atoms with van der Waals surface area (Å²) in [5.74, 6) is -1.14. The summed E-state index contributed by atoms with van der Waals surface area (Å²) in [6.45, 7) is 3.27. The highest BCUT2D eigenvalue weighted by atomic mass is 32.2. The van der Waals surface area contributed by atoms with Gasteiger partial charge in [-0.3, -0.25) is 4.79 Å². The minimum atomic E-state index is -3.44. The highest BCUT2D eigenvalue weighted by molar-refractivity contribution is 7.90. The first-order valence-electron chi connectivity index (χ1n) is 9.45. The van der Waals surface area contributed by atoms with Crippen LogP contribution in [-0.2, 0) is 14.8 Å². The van der Waals surface area contributed by atoms with E-state index in [1.807, 2.05) is 42.5 Å². The predicted octanol–water partition coefficient (Wildman–Crippen LogP) is 3.60. The number of carbonyl (C=O) groups is 1. The molecule has 1 saturated carbocycles. The van der Waals surface area contributed by atoms with Crippen LogP contribution in [0.25, 0.3) is 5.57 Å². The van der Waals surface area contributed by atoms with Crippen molar-refractivity contribution in [3.63, 3.8) is 0 Å². The van der Waals surface area contributed by atoms with Gasteiger partial charge in [0, 0.05) is 6.04 Å². The Morgan fingerprint density at radius 2 is 1.93 bits per heavy atom. The Bertz CT molecular complexity index is 857. The van der Waals surface area contributed by atoms with Crippen LogP contribution in [0, 0.1) is 11.3 Å². The lowest BCUT2D eigenvalue weighted by Crippen LogP contribution is -2.49. The molecule has 0 heterocycles. The van der Waals surface area contributed by atoms with Crippen LogP contribution in [0.15, 0.2) is 48.6 Å². The first-order valence-corrected chi connectivity index (χ1v) is 11.0. The molecule has 2 N–H and O–H groups in total. The first-order chi connectivity index (χ1) is 12.8. The van der Waals surface area contributed by atoms with E-state index in [9.17, 15) is 18.3 Å². The maximum absolute atomic E-state index is 12.3. The van der Waals surface area contributed by atoms with Crippen LogP contribution in [0.1, 0.15) is 45.1 Å². The minimum absolute atomic E-state index is 0.256. The zero-order valence-corrected chi connectivity index (χ0v) is 16.6. The lowest BCUT2D eigenvalue weighted by Gasteiger charge is -2.37. The molecule has 3 atom stereocenters. The summed E-state index contributed by atoms with van der Waals surface area (Å²) >= 11 is 0. The Hall–Kier alpha value is -1.92. The fourth-order valence-electron chi connectivity index (χ4n) is 4.16. The van der Waals surface area contributed by atoms with Crippen LogP contribution in [0.2, 0.25) is 0 Å². The van der Waals surface area contributed by atoms with Crippen LogP contribution >= 0.6 is 0 Å². The van der Waals surface area contributed by atoms with Gasteiger partial charge < -0.3 is 5.11 Å². The molecule has 146 valence electrons. The van der Waals surface area contributed by atoms with Gasteiger partial charge in [-0.25, -0.2) is 13.1 Å². The molecule has 5 nitrogen and oxygen atoms in total. The number of benzene rings is 1. The summed E-state index contributed by atoms with van der Waals surface area (Å²) in [5, 5.41) is 9.54. The molecule has 2 aliphatic rings. The number of rotatable bonds is 6. The molecular formula is C21H27NO4S. The summed E-state index contributed by atoms with van der Waals surface area (Å²) < 4.78 is 27.5. The summed E-state index contributed by atoms with van der Waals surface area (Å²) in [7, 11) is -3.44. The highest BCUT2D eigenvalue weighted by Crippen LogP contribution is 2.47. The number of carboxylic acid groups (broad SMARTS) is 1. The van der Waals surface area contributed by atoms with Gasteiger partial charge in [-0.1, -0.05) is 55.0 Å². The molecule has 1 fully saturated rings. The van der Waals surface area contributed by atoms with Crippen molar-refractivity contribution in [2.45, 2.75) is 50.8 Å². The largest absolute Gasteiger partial charge is 0.481 e. The number of hydrogen-bond donors (Lipinski definition) is 2. The van der Waals surface area contributed by atoms with Crippen molar-refractivity contribution in [3.05, 3.63) is 54.1 Å². The van der Waals surface area contributed by atoms with E-state index in [0.29, 0.717) is 19.3 Å². The van der Waals surface area contributed by atoms with Gasteiger partial charge in [0.05, 0.1) is 10.7 Å². The minimum Gasteiger partial charge on any atom is -0.481 e. The van der Waals surface area contributed by atoms with E-state index >= 15 is 0 Å². The molecule has 0 bridgehead atoms. The summed E-state index contributed by atoms with van der Waals surface area (Å²) in [6.07, 6.45) is 8.20. The molecule has 27 heavy (non-hydrogen) atoms. The van der Waals surface area contributed by atoms with E-state index in [4.69, 9.17) is 0 Å². The Labute approximate surface area is 161 Å². The number of carboxylic acids is 1. The maximum atomic E-state index is 12.3. The van der Waals surface area contributed by atoms with E-state index in [-0.39, 0.29) is 12.0 Å². The third-order valence-electron chi connectivity index (χ3n) is 5.84. The van der Waals surface area contributed by atoms with Gasteiger partial charge in [-0.05, 0) is 50.2 Å². The molecule has 1 aromatic rings. The highest BCUT2D eigenvalue weighted by Gasteiger charge is 2.50. The Kier molecular flexibility index (Phi) is 5.58. The molecule has 0 aliphatic heterocycles. The third-order valence-corrected chi connectivity index (χ3v) is 7.71. The molecule has 0 saturated heterocycles. The quantitative estimate of drug-likeness (QED) is 0.779. The summed E-state index contributed by atoms with van der Waals surface area (Å²) in [5.41, 5.74) is 0.986.